The third-order valence-electron chi connectivity index (χ3n) is 2.24. The quantitative estimate of drug-likeness (QED) is 0.882. The average Bonchev–Trinajstić information content (AvgIpc) is 2.17. The number of hydrogen-bond acceptors (Lipinski definition) is 3. The Balaban J connectivity index is 3.02. The highest BCUT2D eigenvalue weighted by Gasteiger charge is 2.11. The molecule has 4 heteroatoms. The van der Waals surface area contributed by atoms with E-state index in [4.69, 9.17) is 4.74 Å². The number of nitrogens with one attached hydrogen (secondary N) is 1. The molecular formula is C11H16BrNO2. The summed E-state index contributed by atoms with van der Waals surface area (Å²) in [5.74, 6) is 0.815. The van der Waals surface area contributed by atoms with E-state index in [1.807, 2.05) is 26.1 Å². The molecule has 0 saturated carbocycles. The molecule has 0 amide bonds. The van der Waals surface area contributed by atoms with Crippen molar-refractivity contribution in [1.29, 1.82) is 0 Å². The highest BCUT2D eigenvalue weighted by atomic mass is 79.9. The van der Waals surface area contributed by atoms with Crippen LogP contribution in [0.25, 0.3) is 0 Å². The summed E-state index contributed by atoms with van der Waals surface area (Å²) < 4.78 is 6.10. The van der Waals surface area contributed by atoms with E-state index in [9.17, 15) is 5.11 Å². The molecule has 1 aromatic rings. The van der Waals surface area contributed by atoms with Gasteiger partial charge in [-0.1, -0.05) is 0 Å². The molecule has 1 aromatic carbocycles. The lowest BCUT2D eigenvalue weighted by atomic mass is 10.1. The fraction of sp³-hybridized carbons (Fsp3) is 0.455. The molecule has 0 spiro atoms. The first-order chi connectivity index (χ1) is 7.10. The van der Waals surface area contributed by atoms with E-state index >= 15 is 0 Å². The standard InChI is InChI=1S/C11H16BrNO2/c1-7-4-8(10(14)6-13-2)5-9(12)11(7)15-3/h4-5,10,13-14H,6H2,1-3H3. The summed E-state index contributed by atoms with van der Waals surface area (Å²) in [6, 6.07) is 3.82. The lowest BCUT2D eigenvalue weighted by Crippen LogP contribution is -2.16. The number of aliphatic hydroxyl groups is 1. The molecule has 0 heterocycles. The van der Waals surface area contributed by atoms with Crippen LogP contribution in [0, 0.1) is 6.92 Å². The number of methoxy groups -OCH3 is 1. The van der Waals surface area contributed by atoms with Crippen LogP contribution in [0.2, 0.25) is 0 Å². The van der Waals surface area contributed by atoms with Crippen LogP contribution in [0.15, 0.2) is 16.6 Å². The maximum absolute atomic E-state index is 9.81. The molecule has 1 unspecified atom stereocenters. The van der Waals surface area contributed by atoms with Gasteiger partial charge in [0.25, 0.3) is 0 Å². The Labute approximate surface area is 98.6 Å². The van der Waals surface area contributed by atoms with Crippen molar-refractivity contribution in [3.8, 4) is 5.75 Å². The molecule has 0 aromatic heterocycles. The fourth-order valence-corrected chi connectivity index (χ4v) is 2.26. The van der Waals surface area contributed by atoms with E-state index in [1.54, 1.807) is 7.11 Å². The summed E-state index contributed by atoms with van der Waals surface area (Å²) in [4.78, 5) is 0. The van der Waals surface area contributed by atoms with Gasteiger partial charge in [0.05, 0.1) is 17.7 Å². The Hall–Kier alpha value is -0.580. The Morgan fingerprint density at radius 1 is 1.53 bits per heavy atom. The molecule has 0 radical (unpaired) electrons. The number of rotatable bonds is 4. The van der Waals surface area contributed by atoms with Crippen molar-refractivity contribution < 1.29 is 9.84 Å². The molecule has 2 N–H and O–H groups in total. The van der Waals surface area contributed by atoms with Crippen LogP contribution in [0.5, 0.6) is 5.75 Å². The third-order valence-corrected chi connectivity index (χ3v) is 2.83. The van der Waals surface area contributed by atoms with Gasteiger partial charge in [-0.05, 0) is 53.2 Å². The number of ether oxygens (including phenoxy) is 1. The van der Waals surface area contributed by atoms with Crippen molar-refractivity contribution in [2.75, 3.05) is 20.7 Å². The van der Waals surface area contributed by atoms with Crippen molar-refractivity contribution in [2.45, 2.75) is 13.0 Å². The normalized spacial score (nSPS) is 12.6. The number of likely N-dealkylation sites (N-methyl/N-ethyl adjacent to an activating group) is 1. The van der Waals surface area contributed by atoms with Gasteiger partial charge in [-0.15, -0.1) is 0 Å². The molecule has 0 fully saturated rings. The Morgan fingerprint density at radius 3 is 2.67 bits per heavy atom. The van der Waals surface area contributed by atoms with Crippen LogP contribution in [0.1, 0.15) is 17.2 Å². The van der Waals surface area contributed by atoms with Gasteiger partial charge in [0.15, 0.2) is 0 Å². The predicted octanol–water partition coefficient (Wildman–Crippen LogP) is 2.02. The van der Waals surface area contributed by atoms with Crippen LogP contribution in [-0.2, 0) is 0 Å². The lowest BCUT2D eigenvalue weighted by molar-refractivity contribution is 0.177. The van der Waals surface area contributed by atoms with Gasteiger partial charge in [-0.25, -0.2) is 0 Å². The topological polar surface area (TPSA) is 41.5 Å². The van der Waals surface area contributed by atoms with Crippen LogP contribution in [-0.4, -0.2) is 25.8 Å². The van der Waals surface area contributed by atoms with Gasteiger partial charge in [0, 0.05) is 6.54 Å². The zero-order valence-corrected chi connectivity index (χ0v) is 10.8. The molecule has 1 rings (SSSR count). The van der Waals surface area contributed by atoms with Gasteiger partial charge in [-0.3, -0.25) is 0 Å². The van der Waals surface area contributed by atoms with Crippen molar-refractivity contribution in [3.05, 3.63) is 27.7 Å². The third kappa shape index (κ3) is 2.93. The molecule has 0 bridgehead atoms. The van der Waals surface area contributed by atoms with E-state index in [2.05, 4.69) is 21.2 Å². The number of halogens is 1. The van der Waals surface area contributed by atoms with E-state index in [1.165, 1.54) is 0 Å². The minimum absolute atomic E-state index is 0.490. The smallest absolute Gasteiger partial charge is 0.135 e. The molecule has 3 nitrogen and oxygen atoms in total. The second kappa shape index (κ2) is 5.49. The van der Waals surface area contributed by atoms with Crippen LogP contribution < -0.4 is 10.1 Å². The summed E-state index contributed by atoms with van der Waals surface area (Å²) in [6.07, 6.45) is -0.490. The zero-order chi connectivity index (χ0) is 11.4. The molecule has 0 aliphatic carbocycles. The number of aliphatic hydroxyl groups excluding tert-OH is 1. The predicted molar refractivity (Wildman–Crippen MR) is 64.3 cm³/mol. The molecule has 0 saturated heterocycles. The van der Waals surface area contributed by atoms with Gasteiger partial charge >= 0.3 is 0 Å². The minimum Gasteiger partial charge on any atom is -0.495 e. The summed E-state index contributed by atoms with van der Waals surface area (Å²) in [7, 11) is 3.45. The van der Waals surface area contributed by atoms with Gasteiger partial charge in [0.1, 0.15) is 5.75 Å². The number of aryl methyl sites for hydroxylation is 1. The Morgan fingerprint density at radius 2 is 2.20 bits per heavy atom. The first-order valence-electron chi connectivity index (χ1n) is 4.76. The molecule has 0 aliphatic heterocycles. The summed E-state index contributed by atoms with van der Waals surface area (Å²) in [5.41, 5.74) is 1.89. The van der Waals surface area contributed by atoms with Gasteiger partial charge in [-0.2, -0.15) is 0 Å². The maximum atomic E-state index is 9.81. The molecular weight excluding hydrogens is 258 g/mol. The van der Waals surface area contributed by atoms with Crippen LogP contribution in [0.3, 0.4) is 0 Å². The minimum atomic E-state index is -0.490. The fourth-order valence-electron chi connectivity index (χ4n) is 1.52. The van der Waals surface area contributed by atoms with Crippen molar-refractivity contribution >= 4 is 15.9 Å². The van der Waals surface area contributed by atoms with E-state index in [-0.39, 0.29) is 0 Å². The number of benzene rings is 1. The lowest BCUT2D eigenvalue weighted by Gasteiger charge is -2.14. The second-order valence-corrected chi connectivity index (χ2v) is 4.28. The second-order valence-electron chi connectivity index (χ2n) is 3.43. The largest absolute Gasteiger partial charge is 0.495 e. The molecule has 84 valence electrons. The summed E-state index contributed by atoms with van der Waals surface area (Å²) in [6.45, 7) is 2.50. The van der Waals surface area contributed by atoms with Crippen LogP contribution in [0.4, 0.5) is 0 Å². The average molecular weight is 274 g/mol. The SMILES string of the molecule is CNCC(O)c1cc(C)c(OC)c(Br)c1. The highest BCUT2D eigenvalue weighted by Crippen LogP contribution is 2.31. The van der Waals surface area contributed by atoms with Crippen molar-refractivity contribution in [2.24, 2.45) is 0 Å². The van der Waals surface area contributed by atoms with E-state index in [0.29, 0.717) is 6.54 Å². The monoisotopic (exact) mass is 273 g/mol. The Bertz CT molecular complexity index is 318. The van der Waals surface area contributed by atoms with E-state index < -0.39 is 6.10 Å². The van der Waals surface area contributed by atoms with Gasteiger partial charge < -0.3 is 15.2 Å². The van der Waals surface area contributed by atoms with E-state index in [0.717, 1.165) is 21.3 Å². The molecule has 1 atom stereocenters. The number of hydrogen-bond donors (Lipinski definition) is 2. The van der Waals surface area contributed by atoms with Crippen molar-refractivity contribution in [3.63, 3.8) is 0 Å². The maximum Gasteiger partial charge on any atom is 0.135 e. The summed E-state index contributed by atoms with van der Waals surface area (Å²) >= 11 is 3.42. The first kappa shape index (κ1) is 12.5. The molecule has 15 heavy (non-hydrogen) atoms. The Kier molecular flexibility index (Phi) is 4.57. The first-order valence-corrected chi connectivity index (χ1v) is 5.56. The molecule has 0 aliphatic rings. The highest BCUT2D eigenvalue weighted by molar-refractivity contribution is 9.10. The van der Waals surface area contributed by atoms with Crippen LogP contribution >= 0.6 is 15.9 Å². The van der Waals surface area contributed by atoms with Crippen molar-refractivity contribution in [1.82, 2.24) is 5.32 Å². The zero-order valence-electron chi connectivity index (χ0n) is 9.17. The van der Waals surface area contributed by atoms with Gasteiger partial charge in [0.2, 0.25) is 0 Å². The summed E-state index contributed by atoms with van der Waals surface area (Å²) in [5, 5.41) is 12.7.